The van der Waals surface area contributed by atoms with Gasteiger partial charge in [-0.25, -0.2) is 0 Å². The summed E-state index contributed by atoms with van der Waals surface area (Å²) in [6.45, 7) is 0. The maximum Gasteiger partial charge on any atom is 0.0472 e. The van der Waals surface area contributed by atoms with Gasteiger partial charge in [0, 0.05) is 87.2 Å². The van der Waals surface area contributed by atoms with Crippen LogP contribution in [-0.4, -0.2) is 19.9 Å². The Morgan fingerprint density at radius 3 is 0.976 bits per heavy atom. The summed E-state index contributed by atoms with van der Waals surface area (Å²) in [6.07, 6.45) is 0. The summed E-state index contributed by atoms with van der Waals surface area (Å²) in [7, 11) is 0. The Morgan fingerprint density at radius 1 is 0.238 bits per heavy atom. The molecule has 0 saturated carbocycles. The van der Waals surface area contributed by atoms with Crippen molar-refractivity contribution in [3.8, 4) is 0 Å². The monoisotopic (exact) mass is 534 g/mol. The molecular weight excluding hydrogens is 512 g/mol. The van der Waals surface area contributed by atoms with Crippen molar-refractivity contribution in [3.05, 3.63) is 109 Å². The molecule has 0 bridgehead atoms. The standard InChI is InChI=1S/C38H22N4/c1-3-7-27-23(5-1)35-19-9-15-31-37(21(19)11-13-29(35)39-27)25-17-34-26(18-33(25)41-31)38-22-12-14-30-36(20(22)10-16-32(38)42-34)24-6-2-4-8-28(24)40-30/h1-18,39-42H. The van der Waals surface area contributed by atoms with E-state index in [9.17, 15) is 0 Å². The van der Waals surface area contributed by atoms with Gasteiger partial charge in [0.15, 0.2) is 0 Å². The van der Waals surface area contributed by atoms with E-state index in [1.54, 1.807) is 0 Å². The van der Waals surface area contributed by atoms with Gasteiger partial charge in [-0.3, -0.25) is 0 Å². The van der Waals surface area contributed by atoms with Gasteiger partial charge in [0.1, 0.15) is 0 Å². The van der Waals surface area contributed by atoms with E-state index < -0.39 is 0 Å². The summed E-state index contributed by atoms with van der Waals surface area (Å²) in [5, 5.41) is 15.3. The summed E-state index contributed by atoms with van der Waals surface area (Å²) < 4.78 is 0. The quantitative estimate of drug-likeness (QED) is 0.150. The predicted molar refractivity (Wildman–Crippen MR) is 179 cm³/mol. The van der Waals surface area contributed by atoms with Crippen LogP contribution in [0.15, 0.2) is 109 Å². The van der Waals surface area contributed by atoms with Crippen LogP contribution in [0.1, 0.15) is 0 Å². The number of H-pyrrole nitrogens is 4. The SMILES string of the molecule is c1ccc2c(c1)[nH]c1ccc3c(ccc4[nH]c5cc6c(cc5c43)[nH]c3ccc4c(ccc5[nH]c7ccccc7c54)c36)c12. The normalized spacial score (nSPS) is 12.8. The van der Waals surface area contributed by atoms with Gasteiger partial charge >= 0.3 is 0 Å². The van der Waals surface area contributed by atoms with E-state index in [2.05, 4.69) is 129 Å². The molecular formula is C38H22N4. The van der Waals surface area contributed by atoms with Gasteiger partial charge in [0.25, 0.3) is 0 Å². The molecule has 4 heteroatoms. The number of benzene rings is 7. The molecule has 0 aliphatic carbocycles. The summed E-state index contributed by atoms with van der Waals surface area (Å²) in [4.78, 5) is 14.7. The fraction of sp³-hybridized carbons (Fsp3) is 0. The van der Waals surface area contributed by atoms with Crippen molar-refractivity contribution < 1.29 is 0 Å². The van der Waals surface area contributed by atoms with Gasteiger partial charge in [-0.15, -0.1) is 0 Å². The Balaban J connectivity index is 1.26. The van der Waals surface area contributed by atoms with Crippen molar-refractivity contribution in [2.45, 2.75) is 0 Å². The van der Waals surface area contributed by atoms with Crippen molar-refractivity contribution in [3.63, 3.8) is 0 Å². The highest BCUT2D eigenvalue weighted by Gasteiger charge is 2.17. The average molecular weight is 535 g/mol. The highest BCUT2D eigenvalue weighted by Crippen LogP contribution is 2.42. The number of aromatic amines is 4. The van der Waals surface area contributed by atoms with Gasteiger partial charge in [-0.05, 0) is 70.1 Å². The first kappa shape index (κ1) is 21.1. The number of aromatic nitrogens is 4. The zero-order chi connectivity index (χ0) is 27.1. The van der Waals surface area contributed by atoms with Crippen LogP contribution >= 0.6 is 0 Å². The number of para-hydroxylation sites is 2. The smallest absolute Gasteiger partial charge is 0.0472 e. The van der Waals surface area contributed by atoms with Crippen LogP contribution in [-0.2, 0) is 0 Å². The molecule has 4 N–H and O–H groups in total. The number of hydrogen-bond donors (Lipinski definition) is 4. The molecule has 0 atom stereocenters. The minimum absolute atomic E-state index is 1.16. The largest absolute Gasteiger partial charge is 0.354 e. The third kappa shape index (κ3) is 2.45. The van der Waals surface area contributed by atoms with Crippen molar-refractivity contribution in [2.75, 3.05) is 0 Å². The molecule has 7 aromatic carbocycles. The minimum atomic E-state index is 1.16. The number of hydrogen-bond acceptors (Lipinski definition) is 0. The third-order valence-electron chi connectivity index (χ3n) is 9.57. The highest BCUT2D eigenvalue weighted by molar-refractivity contribution is 6.32. The predicted octanol–water partition coefficient (Wildman–Crippen LogP) is 10.5. The zero-order valence-corrected chi connectivity index (χ0v) is 22.4. The van der Waals surface area contributed by atoms with Crippen LogP contribution in [0.3, 0.4) is 0 Å². The number of nitrogens with one attached hydrogen (secondary N) is 4. The van der Waals surface area contributed by atoms with E-state index in [1.165, 1.54) is 97.7 Å². The molecule has 0 aliphatic heterocycles. The highest BCUT2D eigenvalue weighted by atomic mass is 14.7. The molecule has 0 spiro atoms. The minimum Gasteiger partial charge on any atom is -0.354 e. The van der Waals surface area contributed by atoms with E-state index >= 15 is 0 Å². The molecule has 11 aromatic rings. The molecule has 0 unspecified atom stereocenters. The molecule has 0 fully saturated rings. The fourth-order valence-electron chi connectivity index (χ4n) is 7.81. The molecule has 42 heavy (non-hydrogen) atoms. The first-order chi connectivity index (χ1) is 20.8. The van der Waals surface area contributed by atoms with Gasteiger partial charge in [-0.2, -0.15) is 0 Å². The van der Waals surface area contributed by atoms with Crippen LogP contribution in [0.25, 0.3) is 109 Å². The number of rotatable bonds is 0. The van der Waals surface area contributed by atoms with Crippen molar-refractivity contribution >= 4 is 109 Å². The van der Waals surface area contributed by atoms with Gasteiger partial charge < -0.3 is 19.9 Å². The Kier molecular flexibility index (Phi) is 3.57. The topological polar surface area (TPSA) is 63.2 Å². The van der Waals surface area contributed by atoms with E-state index in [0.29, 0.717) is 0 Å². The van der Waals surface area contributed by atoms with Gasteiger partial charge in [0.05, 0.1) is 0 Å². The molecule has 4 heterocycles. The number of fused-ring (bicyclic) bond motifs is 18. The van der Waals surface area contributed by atoms with Crippen molar-refractivity contribution in [1.82, 2.24) is 19.9 Å². The van der Waals surface area contributed by atoms with Gasteiger partial charge in [0.2, 0.25) is 0 Å². The second-order valence-corrected chi connectivity index (χ2v) is 11.7. The molecule has 194 valence electrons. The molecule has 0 aliphatic rings. The lowest BCUT2D eigenvalue weighted by molar-refractivity contribution is 1.54. The van der Waals surface area contributed by atoms with Crippen molar-refractivity contribution in [1.29, 1.82) is 0 Å². The Bertz CT molecular complexity index is 2760. The molecule has 0 radical (unpaired) electrons. The molecule has 0 amide bonds. The van der Waals surface area contributed by atoms with Crippen LogP contribution in [0.2, 0.25) is 0 Å². The maximum absolute atomic E-state index is 3.77. The third-order valence-corrected chi connectivity index (χ3v) is 9.57. The van der Waals surface area contributed by atoms with Crippen LogP contribution < -0.4 is 0 Å². The van der Waals surface area contributed by atoms with Crippen molar-refractivity contribution in [2.24, 2.45) is 0 Å². The van der Waals surface area contributed by atoms with Crippen LogP contribution in [0, 0.1) is 0 Å². The lowest BCUT2D eigenvalue weighted by Gasteiger charge is -2.04. The summed E-state index contributed by atoms with van der Waals surface area (Å²) in [5.74, 6) is 0. The fourth-order valence-corrected chi connectivity index (χ4v) is 7.81. The van der Waals surface area contributed by atoms with Crippen LogP contribution in [0.4, 0.5) is 0 Å². The lowest BCUT2D eigenvalue weighted by atomic mass is 9.98. The zero-order valence-electron chi connectivity index (χ0n) is 22.4. The second-order valence-electron chi connectivity index (χ2n) is 11.7. The van der Waals surface area contributed by atoms with Crippen LogP contribution in [0.5, 0.6) is 0 Å². The molecule has 11 rings (SSSR count). The lowest BCUT2D eigenvalue weighted by Crippen LogP contribution is -1.78. The van der Waals surface area contributed by atoms with E-state index in [1.807, 2.05) is 0 Å². The first-order valence-electron chi connectivity index (χ1n) is 14.5. The Labute approximate surface area is 237 Å². The summed E-state index contributed by atoms with van der Waals surface area (Å²) >= 11 is 0. The molecule has 4 nitrogen and oxygen atoms in total. The van der Waals surface area contributed by atoms with E-state index in [0.717, 1.165) is 11.0 Å². The van der Waals surface area contributed by atoms with Gasteiger partial charge in [-0.1, -0.05) is 60.7 Å². The second kappa shape index (κ2) is 7.12. The Hall–Kier alpha value is -5.74. The average Bonchev–Trinajstić information content (AvgIpc) is 3.78. The van der Waals surface area contributed by atoms with E-state index in [-0.39, 0.29) is 0 Å². The molecule has 0 saturated heterocycles. The first-order valence-corrected chi connectivity index (χ1v) is 14.5. The van der Waals surface area contributed by atoms with E-state index in [4.69, 9.17) is 0 Å². The molecule has 4 aromatic heterocycles. The Morgan fingerprint density at radius 2 is 0.571 bits per heavy atom. The maximum atomic E-state index is 3.77. The summed E-state index contributed by atoms with van der Waals surface area (Å²) in [5.41, 5.74) is 9.37. The summed E-state index contributed by atoms with van der Waals surface area (Å²) in [6, 6.07) is 39.9.